The van der Waals surface area contributed by atoms with Crippen molar-refractivity contribution in [1.82, 2.24) is 5.32 Å². The van der Waals surface area contributed by atoms with Crippen LogP contribution in [0.2, 0.25) is 0 Å². The molecule has 0 aliphatic carbocycles. The Morgan fingerprint density at radius 2 is 1.35 bits per heavy atom. The number of esters is 4. The Morgan fingerprint density at radius 1 is 0.735 bits per heavy atom. The third kappa shape index (κ3) is 9.93. The summed E-state index contributed by atoms with van der Waals surface area (Å²) in [6.45, 7) is 5.33. The lowest BCUT2D eigenvalue weighted by Gasteiger charge is -2.49. The molecule has 0 spiro atoms. The van der Waals surface area contributed by atoms with Crippen molar-refractivity contribution in [2.45, 2.75) is 103 Å². The summed E-state index contributed by atoms with van der Waals surface area (Å²) >= 11 is 0. The predicted octanol–water partition coefficient (Wildman–Crippen LogP) is 0.340. The van der Waals surface area contributed by atoms with Crippen molar-refractivity contribution >= 4 is 40.6 Å². The van der Waals surface area contributed by atoms with Crippen LogP contribution in [-0.4, -0.2) is 104 Å². The second kappa shape index (κ2) is 17.0. The number of carbonyl (C=O) groups excluding carboxylic acids is 5. The van der Waals surface area contributed by atoms with Crippen LogP contribution in [0.25, 0.3) is 10.8 Å². The predicted molar refractivity (Wildman–Crippen MR) is 169 cm³/mol. The van der Waals surface area contributed by atoms with E-state index in [2.05, 4.69) is 5.32 Å². The van der Waals surface area contributed by atoms with E-state index in [0.717, 1.165) is 30.2 Å². The maximum absolute atomic E-state index is 12.5. The Kier molecular flexibility index (Phi) is 13.0. The standard InChI is InChI=1S/C33H43N3O13/c1-16(37)36-27-26(35)28(44-18(3)39)24(13-34)47-32(27)49-30-29(45-19(4)40)25(15-42-17(2)38)48-33(31(30)46-20(5)41)43-14-21-10-11-22-8-6-7-9-23(22)12-21/h6-12,24-33H,13-15,34-35H2,1-5H3,(H,36,37)/t24-,25-,26-,27-,28-,29-,30+,31-,32+,33-/m1/s1. The molecule has 16 heteroatoms. The number of rotatable bonds is 12. The topological polar surface area (TPSA) is 223 Å². The molecule has 0 unspecified atom stereocenters. The van der Waals surface area contributed by atoms with E-state index < -0.39 is 97.7 Å². The summed E-state index contributed by atoms with van der Waals surface area (Å²) in [7, 11) is 0. The normalized spacial score (nSPS) is 29.8. The van der Waals surface area contributed by atoms with Gasteiger partial charge >= 0.3 is 23.9 Å². The molecule has 2 aromatic carbocycles. The molecule has 2 heterocycles. The van der Waals surface area contributed by atoms with Gasteiger partial charge < -0.3 is 54.7 Å². The Labute approximate surface area is 282 Å². The average molecular weight is 690 g/mol. The number of benzene rings is 2. The lowest BCUT2D eigenvalue weighted by atomic mass is 9.93. The largest absolute Gasteiger partial charge is 0.463 e. The van der Waals surface area contributed by atoms with Crippen LogP contribution in [0.3, 0.4) is 0 Å². The summed E-state index contributed by atoms with van der Waals surface area (Å²) < 4.78 is 46.9. The lowest BCUT2D eigenvalue weighted by Crippen LogP contribution is -2.71. The number of carbonyl (C=O) groups is 5. The van der Waals surface area contributed by atoms with Crippen LogP contribution in [0.5, 0.6) is 0 Å². The summed E-state index contributed by atoms with van der Waals surface area (Å²) in [5.41, 5.74) is 13.2. The number of hydrogen-bond donors (Lipinski definition) is 3. The van der Waals surface area contributed by atoms with Gasteiger partial charge in [0.15, 0.2) is 24.8 Å². The molecule has 4 rings (SSSR count). The molecule has 10 atom stereocenters. The van der Waals surface area contributed by atoms with Gasteiger partial charge in [0.2, 0.25) is 5.91 Å². The van der Waals surface area contributed by atoms with E-state index in [1.54, 1.807) is 0 Å². The summed E-state index contributed by atoms with van der Waals surface area (Å²) in [5, 5.41) is 4.64. The molecule has 2 aliphatic heterocycles. The second-order valence-electron chi connectivity index (χ2n) is 11.7. The second-order valence-corrected chi connectivity index (χ2v) is 11.7. The van der Waals surface area contributed by atoms with Gasteiger partial charge in [0, 0.05) is 41.2 Å². The summed E-state index contributed by atoms with van der Waals surface area (Å²) in [5.74, 6) is -3.34. The zero-order valence-corrected chi connectivity index (χ0v) is 27.9. The quantitative estimate of drug-likeness (QED) is 0.202. The van der Waals surface area contributed by atoms with E-state index >= 15 is 0 Å². The van der Waals surface area contributed by atoms with Crippen LogP contribution >= 0.6 is 0 Å². The first-order valence-electron chi connectivity index (χ1n) is 15.7. The highest BCUT2D eigenvalue weighted by Gasteiger charge is 2.55. The molecule has 0 aromatic heterocycles. The molecule has 268 valence electrons. The van der Waals surface area contributed by atoms with Crippen molar-refractivity contribution in [3.05, 3.63) is 48.0 Å². The maximum Gasteiger partial charge on any atom is 0.303 e. The zero-order chi connectivity index (χ0) is 35.8. The van der Waals surface area contributed by atoms with Crippen LogP contribution in [0.1, 0.15) is 40.2 Å². The summed E-state index contributed by atoms with van der Waals surface area (Å²) in [4.78, 5) is 61.0. The van der Waals surface area contributed by atoms with Gasteiger partial charge in [0.25, 0.3) is 0 Å². The highest BCUT2D eigenvalue weighted by Crippen LogP contribution is 2.34. The van der Waals surface area contributed by atoms with Crippen molar-refractivity contribution in [1.29, 1.82) is 0 Å². The number of hydrogen-bond acceptors (Lipinski definition) is 15. The highest BCUT2D eigenvalue weighted by atomic mass is 16.8. The minimum Gasteiger partial charge on any atom is -0.463 e. The minimum atomic E-state index is -1.42. The van der Waals surface area contributed by atoms with Gasteiger partial charge in [-0.25, -0.2) is 0 Å². The monoisotopic (exact) mass is 689 g/mol. The minimum absolute atomic E-state index is 0.0167. The number of fused-ring (bicyclic) bond motifs is 1. The average Bonchev–Trinajstić information content (AvgIpc) is 3.03. The van der Waals surface area contributed by atoms with E-state index in [4.69, 9.17) is 49.4 Å². The van der Waals surface area contributed by atoms with Crippen molar-refractivity contribution in [3.63, 3.8) is 0 Å². The molecule has 0 radical (unpaired) electrons. The van der Waals surface area contributed by atoms with E-state index in [0.29, 0.717) is 0 Å². The zero-order valence-electron chi connectivity index (χ0n) is 27.9. The molecular formula is C33H43N3O13. The molecule has 2 aliphatic rings. The van der Waals surface area contributed by atoms with Crippen molar-refractivity contribution in [2.24, 2.45) is 11.5 Å². The van der Waals surface area contributed by atoms with Gasteiger partial charge in [-0.05, 0) is 22.4 Å². The first-order valence-corrected chi connectivity index (χ1v) is 15.7. The molecule has 5 N–H and O–H groups in total. The van der Waals surface area contributed by atoms with Crippen molar-refractivity contribution in [3.8, 4) is 0 Å². The Hall–Kier alpha value is -4.19. The molecule has 2 aromatic rings. The van der Waals surface area contributed by atoms with E-state index in [9.17, 15) is 24.0 Å². The highest BCUT2D eigenvalue weighted by molar-refractivity contribution is 5.83. The van der Waals surface area contributed by atoms with Crippen LogP contribution < -0.4 is 16.8 Å². The molecule has 1 amide bonds. The van der Waals surface area contributed by atoms with Crippen LogP contribution in [0, 0.1) is 0 Å². The molecule has 0 saturated carbocycles. The van der Waals surface area contributed by atoms with Gasteiger partial charge in [-0.3, -0.25) is 24.0 Å². The van der Waals surface area contributed by atoms with Gasteiger partial charge in [0.05, 0.1) is 18.7 Å². The first kappa shape index (κ1) is 37.6. The van der Waals surface area contributed by atoms with E-state index in [1.807, 2.05) is 42.5 Å². The van der Waals surface area contributed by atoms with Crippen LogP contribution in [0.4, 0.5) is 0 Å². The molecule has 0 bridgehead atoms. The Morgan fingerprint density at radius 3 is 1.96 bits per heavy atom. The SMILES string of the molecule is CC(=O)N[C@H]1[C@H](O[C@@H]2[C@@H](OC(C)=O)[C@H](OCc3ccc4ccccc4c3)O[C@H](COC(C)=O)[C@H]2OC(C)=O)O[C@H](CN)[C@@H](OC(C)=O)[C@@H]1N. The number of nitrogens with two attached hydrogens (primary N) is 2. The maximum atomic E-state index is 12.5. The molecule has 2 saturated heterocycles. The van der Waals surface area contributed by atoms with E-state index in [1.165, 1.54) is 20.8 Å². The van der Waals surface area contributed by atoms with Crippen molar-refractivity contribution < 1.29 is 61.9 Å². The number of nitrogens with one attached hydrogen (secondary N) is 1. The third-order valence-electron chi connectivity index (χ3n) is 7.83. The molecule has 16 nitrogen and oxygen atoms in total. The first-order chi connectivity index (χ1) is 23.3. The van der Waals surface area contributed by atoms with Gasteiger partial charge in [0.1, 0.15) is 31.0 Å². The van der Waals surface area contributed by atoms with Crippen LogP contribution in [-0.2, 0) is 68.5 Å². The smallest absolute Gasteiger partial charge is 0.303 e. The number of ether oxygens (including phenoxy) is 8. The van der Waals surface area contributed by atoms with E-state index in [-0.39, 0.29) is 13.2 Å². The fourth-order valence-electron chi connectivity index (χ4n) is 5.83. The molecular weight excluding hydrogens is 646 g/mol. The fraction of sp³-hybridized carbons (Fsp3) is 0.545. The molecule has 2 fully saturated rings. The Balaban J connectivity index is 1.73. The van der Waals surface area contributed by atoms with Crippen LogP contribution in [0.15, 0.2) is 42.5 Å². The van der Waals surface area contributed by atoms with Gasteiger partial charge in [-0.15, -0.1) is 0 Å². The third-order valence-corrected chi connectivity index (χ3v) is 7.83. The molecule has 49 heavy (non-hydrogen) atoms. The number of amides is 1. The van der Waals surface area contributed by atoms with Crippen molar-refractivity contribution in [2.75, 3.05) is 13.2 Å². The lowest BCUT2D eigenvalue weighted by molar-refractivity contribution is -0.344. The summed E-state index contributed by atoms with van der Waals surface area (Å²) in [6, 6.07) is 11.2. The Bertz CT molecular complexity index is 1510. The van der Waals surface area contributed by atoms with Gasteiger partial charge in [-0.1, -0.05) is 36.4 Å². The van der Waals surface area contributed by atoms with Gasteiger partial charge in [-0.2, -0.15) is 0 Å². The summed E-state index contributed by atoms with van der Waals surface area (Å²) in [6.07, 6.45) is -10.2. The fourth-order valence-corrected chi connectivity index (χ4v) is 5.83.